The van der Waals surface area contributed by atoms with Gasteiger partial charge in [-0.15, -0.1) is 10.2 Å². The summed E-state index contributed by atoms with van der Waals surface area (Å²) in [5, 5.41) is 10.8. The molecule has 9 heteroatoms. The third-order valence-corrected chi connectivity index (χ3v) is 4.86. The molecule has 158 valence electrons. The summed E-state index contributed by atoms with van der Waals surface area (Å²) in [6.07, 6.45) is 4.33. The number of fused-ring (bicyclic) bond motifs is 1. The minimum Gasteiger partial charge on any atom is -0.352 e. The number of aromatic nitrogens is 4. The first-order chi connectivity index (χ1) is 15.0. The second-order valence-electron chi connectivity index (χ2n) is 7.00. The topological polar surface area (TPSA) is 81.3 Å². The zero-order valence-corrected chi connectivity index (χ0v) is 16.5. The highest BCUT2D eigenvalue weighted by atomic mass is 19.2. The lowest BCUT2D eigenvalue weighted by atomic mass is 10.2. The molecule has 0 atom stereocenters. The van der Waals surface area contributed by atoms with Gasteiger partial charge in [-0.3, -0.25) is 18.6 Å². The largest absolute Gasteiger partial charge is 0.352 e. The van der Waals surface area contributed by atoms with E-state index in [-0.39, 0.29) is 17.2 Å². The Morgan fingerprint density at radius 1 is 1.00 bits per heavy atom. The van der Waals surface area contributed by atoms with Gasteiger partial charge in [-0.1, -0.05) is 30.3 Å². The van der Waals surface area contributed by atoms with Crippen LogP contribution in [0.1, 0.15) is 24.2 Å². The minimum absolute atomic E-state index is 0.0655. The summed E-state index contributed by atoms with van der Waals surface area (Å²) < 4.78 is 29.4. The maximum atomic E-state index is 13.5. The first-order valence-electron chi connectivity index (χ1n) is 9.74. The molecule has 1 amide bonds. The highest BCUT2D eigenvalue weighted by Gasteiger charge is 2.13. The molecule has 0 saturated heterocycles. The Morgan fingerprint density at radius 2 is 1.81 bits per heavy atom. The van der Waals surface area contributed by atoms with Crippen LogP contribution in [-0.4, -0.2) is 25.1 Å². The molecule has 0 saturated carbocycles. The summed E-state index contributed by atoms with van der Waals surface area (Å²) in [5.41, 5.74) is 0.770. The Bertz CT molecular complexity index is 1280. The second kappa shape index (κ2) is 8.86. The van der Waals surface area contributed by atoms with Crippen molar-refractivity contribution in [3.8, 4) is 5.69 Å². The standard InChI is InChI=1S/C22H19F2N5O2/c23-17-10-9-16(13-18(17)24)28-11-12-29-19(26-27-21(29)22(28)31)7-4-8-20(30)25-14-15-5-2-1-3-6-15/h1-3,5-6,9-13H,4,7-8,14H2,(H,25,30). The highest BCUT2D eigenvalue weighted by molar-refractivity contribution is 5.75. The van der Waals surface area contributed by atoms with Crippen molar-refractivity contribution >= 4 is 11.6 Å². The number of hydrogen-bond acceptors (Lipinski definition) is 4. The van der Waals surface area contributed by atoms with Crippen molar-refractivity contribution in [2.75, 3.05) is 0 Å². The zero-order valence-electron chi connectivity index (χ0n) is 16.5. The summed E-state index contributed by atoms with van der Waals surface area (Å²) >= 11 is 0. The Morgan fingerprint density at radius 3 is 2.58 bits per heavy atom. The van der Waals surface area contributed by atoms with E-state index in [1.807, 2.05) is 30.3 Å². The smallest absolute Gasteiger partial charge is 0.300 e. The number of nitrogens with zero attached hydrogens (tertiary/aromatic N) is 4. The van der Waals surface area contributed by atoms with Crippen LogP contribution in [0.5, 0.6) is 0 Å². The number of halogens is 2. The minimum atomic E-state index is -1.04. The third-order valence-electron chi connectivity index (χ3n) is 4.86. The van der Waals surface area contributed by atoms with E-state index in [2.05, 4.69) is 15.5 Å². The molecule has 0 radical (unpaired) electrons. The summed E-state index contributed by atoms with van der Waals surface area (Å²) in [6, 6.07) is 12.8. The van der Waals surface area contributed by atoms with Gasteiger partial charge >= 0.3 is 5.56 Å². The quantitative estimate of drug-likeness (QED) is 0.496. The van der Waals surface area contributed by atoms with Crippen molar-refractivity contribution in [3.05, 3.63) is 94.3 Å². The van der Waals surface area contributed by atoms with Crippen LogP contribution in [-0.2, 0) is 17.8 Å². The van der Waals surface area contributed by atoms with Crippen LogP contribution in [0, 0.1) is 11.6 Å². The van der Waals surface area contributed by atoms with Crippen LogP contribution in [0.4, 0.5) is 8.78 Å². The van der Waals surface area contributed by atoms with Crippen LogP contribution in [0.2, 0.25) is 0 Å². The molecule has 2 heterocycles. The summed E-state index contributed by atoms with van der Waals surface area (Å²) in [6.45, 7) is 0.469. The predicted octanol–water partition coefficient (Wildman–Crippen LogP) is 2.80. The maximum Gasteiger partial charge on any atom is 0.300 e. The van der Waals surface area contributed by atoms with Crippen molar-refractivity contribution in [1.82, 2.24) is 24.5 Å². The number of benzene rings is 2. The van der Waals surface area contributed by atoms with Gasteiger partial charge in [0.25, 0.3) is 0 Å². The van der Waals surface area contributed by atoms with Gasteiger partial charge in [0.2, 0.25) is 11.6 Å². The van der Waals surface area contributed by atoms with E-state index >= 15 is 0 Å². The molecule has 4 aromatic rings. The Hall–Kier alpha value is -3.88. The molecular weight excluding hydrogens is 404 g/mol. The molecule has 0 aliphatic rings. The normalized spacial score (nSPS) is 11.0. The fraction of sp³-hybridized carbons (Fsp3) is 0.182. The first kappa shape index (κ1) is 20.4. The molecule has 0 fully saturated rings. The van der Waals surface area contributed by atoms with E-state index in [1.54, 1.807) is 10.6 Å². The molecule has 31 heavy (non-hydrogen) atoms. The Labute approximate surface area is 176 Å². The lowest BCUT2D eigenvalue weighted by Gasteiger charge is -2.07. The third kappa shape index (κ3) is 4.50. The van der Waals surface area contributed by atoms with Gasteiger partial charge in [-0.25, -0.2) is 8.78 Å². The lowest BCUT2D eigenvalue weighted by Crippen LogP contribution is -2.22. The summed E-state index contributed by atoms with van der Waals surface area (Å²) in [4.78, 5) is 24.8. The van der Waals surface area contributed by atoms with Crippen LogP contribution in [0.3, 0.4) is 0 Å². The number of amides is 1. The van der Waals surface area contributed by atoms with E-state index in [0.717, 1.165) is 17.7 Å². The van der Waals surface area contributed by atoms with E-state index in [4.69, 9.17) is 0 Å². The predicted molar refractivity (Wildman–Crippen MR) is 110 cm³/mol. The van der Waals surface area contributed by atoms with Crippen molar-refractivity contribution in [2.45, 2.75) is 25.8 Å². The van der Waals surface area contributed by atoms with Crippen LogP contribution < -0.4 is 10.9 Å². The van der Waals surface area contributed by atoms with Gasteiger partial charge in [-0.2, -0.15) is 0 Å². The first-order valence-corrected chi connectivity index (χ1v) is 9.74. The molecular formula is C22H19F2N5O2. The number of hydrogen-bond donors (Lipinski definition) is 1. The fourth-order valence-electron chi connectivity index (χ4n) is 3.24. The van der Waals surface area contributed by atoms with E-state index in [0.29, 0.717) is 31.6 Å². The van der Waals surface area contributed by atoms with Crippen molar-refractivity contribution in [3.63, 3.8) is 0 Å². The van der Waals surface area contributed by atoms with Gasteiger partial charge in [0.05, 0.1) is 5.69 Å². The van der Waals surface area contributed by atoms with Crippen molar-refractivity contribution < 1.29 is 13.6 Å². The molecule has 2 aromatic carbocycles. The van der Waals surface area contributed by atoms with Gasteiger partial charge in [0.15, 0.2) is 11.6 Å². The highest BCUT2D eigenvalue weighted by Crippen LogP contribution is 2.12. The fourth-order valence-corrected chi connectivity index (χ4v) is 3.24. The average Bonchev–Trinajstić information content (AvgIpc) is 3.19. The zero-order chi connectivity index (χ0) is 21.8. The molecule has 0 bridgehead atoms. The molecule has 0 unspecified atom stereocenters. The summed E-state index contributed by atoms with van der Waals surface area (Å²) in [5.74, 6) is -1.56. The Kier molecular flexibility index (Phi) is 5.83. The van der Waals surface area contributed by atoms with Crippen LogP contribution in [0.15, 0.2) is 65.7 Å². The van der Waals surface area contributed by atoms with E-state index in [9.17, 15) is 18.4 Å². The molecule has 0 spiro atoms. The number of rotatable bonds is 7. The van der Waals surface area contributed by atoms with Crippen molar-refractivity contribution in [1.29, 1.82) is 0 Å². The monoisotopic (exact) mass is 423 g/mol. The molecule has 4 rings (SSSR count). The molecule has 0 aliphatic carbocycles. The average molecular weight is 423 g/mol. The number of carbonyl (C=O) groups excluding carboxylic acids is 1. The second-order valence-corrected chi connectivity index (χ2v) is 7.00. The van der Waals surface area contributed by atoms with Gasteiger partial charge in [-0.05, 0) is 24.1 Å². The van der Waals surface area contributed by atoms with Gasteiger partial charge in [0, 0.05) is 37.8 Å². The number of nitrogens with one attached hydrogen (secondary N) is 1. The molecule has 2 aromatic heterocycles. The van der Waals surface area contributed by atoms with E-state index in [1.165, 1.54) is 16.8 Å². The van der Waals surface area contributed by atoms with E-state index < -0.39 is 17.2 Å². The Balaban J connectivity index is 1.41. The molecule has 1 N–H and O–H groups in total. The van der Waals surface area contributed by atoms with Crippen molar-refractivity contribution in [2.24, 2.45) is 0 Å². The lowest BCUT2D eigenvalue weighted by molar-refractivity contribution is -0.121. The summed E-state index contributed by atoms with van der Waals surface area (Å²) in [7, 11) is 0. The number of aryl methyl sites for hydroxylation is 1. The maximum absolute atomic E-state index is 13.5. The van der Waals surface area contributed by atoms with Gasteiger partial charge in [0.1, 0.15) is 5.82 Å². The molecule has 0 aliphatic heterocycles. The molecule has 7 nitrogen and oxygen atoms in total. The SMILES string of the molecule is O=C(CCCc1nnc2c(=O)n(-c3ccc(F)c(F)c3)ccn12)NCc1ccccc1. The van der Waals surface area contributed by atoms with Crippen LogP contribution in [0.25, 0.3) is 11.3 Å². The number of carbonyl (C=O) groups is 1. The van der Waals surface area contributed by atoms with Gasteiger partial charge < -0.3 is 5.32 Å². The van der Waals surface area contributed by atoms with Crippen LogP contribution >= 0.6 is 0 Å².